The fourth-order valence-electron chi connectivity index (χ4n) is 5.54. The summed E-state index contributed by atoms with van der Waals surface area (Å²) < 4.78 is 0. The van der Waals surface area contributed by atoms with Crippen molar-refractivity contribution < 1.29 is 0 Å². The van der Waals surface area contributed by atoms with Gasteiger partial charge in [0, 0.05) is 0 Å². The molecular weight excluding hydrogens is 494 g/mol. The first-order valence-electron chi connectivity index (χ1n) is 13.0. The van der Waals surface area contributed by atoms with E-state index in [4.69, 9.17) is 0 Å². The van der Waals surface area contributed by atoms with E-state index >= 15 is 0 Å². The minimum absolute atomic E-state index is 0.694. The van der Waals surface area contributed by atoms with E-state index in [0.717, 1.165) is 0 Å². The molecule has 0 aliphatic heterocycles. The maximum absolute atomic E-state index is 2.57. The molecule has 6 aromatic carbocycles. The summed E-state index contributed by atoms with van der Waals surface area (Å²) in [4.78, 5) is 0. The number of benzene rings is 6. The molecule has 0 nitrogen and oxygen atoms in total. The van der Waals surface area contributed by atoms with Crippen LogP contribution in [-0.4, -0.2) is 0 Å². The van der Waals surface area contributed by atoms with E-state index in [1.165, 1.54) is 37.1 Å². The molecule has 184 valence electrons. The monoisotopic (exact) mass is 524 g/mol. The molecule has 0 fully saturated rings. The Morgan fingerprint density at radius 3 is 1.00 bits per heavy atom. The van der Waals surface area contributed by atoms with Crippen molar-refractivity contribution in [2.75, 3.05) is 0 Å². The molecule has 0 aliphatic carbocycles. The van der Waals surface area contributed by atoms with Crippen molar-refractivity contribution in [3.8, 4) is 0 Å². The van der Waals surface area contributed by atoms with Gasteiger partial charge < -0.3 is 0 Å². The topological polar surface area (TPSA) is 0 Å². The summed E-state index contributed by atoms with van der Waals surface area (Å²) in [6.07, 6.45) is 0. The Labute approximate surface area is 227 Å². The van der Waals surface area contributed by atoms with Crippen LogP contribution in [0.2, 0.25) is 0 Å². The second-order valence-corrected chi connectivity index (χ2v) is 15.4. The Bertz CT molecular complexity index is 1450. The van der Waals surface area contributed by atoms with Crippen molar-refractivity contribution in [3.05, 3.63) is 176 Å². The van der Waals surface area contributed by atoms with E-state index in [-0.39, 0.29) is 0 Å². The fourth-order valence-corrected chi connectivity index (χ4v) is 12.8. The molecule has 0 atom stereocenters. The zero-order chi connectivity index (χ0) is 25.6. The Kier molecular flexibility index (Phi) is 7.28. The van der Waals surface area contributed by atoms with Gasteiger partial charge in [-0.1, -0.05) is 0 Å². The number of hydrogen-bond acceptors (Lipinski definition) is 0. The SMILES string of the molecule is c1ccc(P(c2ccccc2)c2cccc([PH](c3ccccc3)(c3ccccc3)c3ccccc3)c2)cc1. The van der Waals surface area contributed by atoms with Gasteiger partial charge in [-0.15, -0.1) is 0 Å². The van der Waals surface area contributed by atoms with Gasteiger partial charge >= 0.3 is 228 Å². The van der Waals surface area contributed by atoms with Crippen molar-refractivity contribution in [2.24, 2.45) is 0 Å². The van der Waals surface area contributed by atoms with Gasteiger partial charge in [-0.05, 0) is 0 Å². The fraction of sp³-hybridized carbons (Fsp3) is 0. The summed E-state index contributed by atoms with van der Waals surface area (Å²) in [6.45, 7) is 0. The molecule has 0 unspecified atom stereocenters. The molecule has 0 heterocycles. The third-order valence-corrected chi connectivity index (χ3v) is 14.4. The predicted octanol–water partition coefficient (Wildman–Crippen LogP) is 5.80. The summed E-state index contributed by atoms with van der Waals surface area (Å²) in [5.74, 6) is 0. The zero-order valence-corrected chi connectivity index (χ0v) is 23.1. The Morgan fingerprint density at radius 1 is 0.289 bits per heavy atom. The van der Waals surface area contributed by atoms with Crippen molar-refractivity contribution in [2.45, 2.75) is 0 Å². The molecule has 38 heavy (non-hydrogen) atoms. The average molecular weight is 525 g/mol. The van der Waals surface area contributed by atoms with Gasteiger partial charge in [0.15, 0.2) is 0 Å². The first-order valence-corrected chi connectivity index (χ1v) is 16.4. The Morgan fingerprint density at radius 2 is 0.605 bits per heavy atom. The summed E-state index contributed by atoms with van der Waals surface area (Å²) in [5.41, 5.74) is 0. The van der Waals surface area contributed by atoms with Crippen molar-refractivity contribution in [1.82, 2.24) is 0 Å². The van der Waals surface area contributed by atoms with Gasteiger partial charge in [0.2, 0.25) is 0 Å². The molecule has 6 aromatic rings. The second kappa shape index (κ2) is 11.3. The van der Waals surface area contributed by atoms with Gasteiger partial charge in [0.05, 0.1) is 0 Å². The van der Waals surface area contributed by atoms with Gasteiger partial charge in [-0.25, -0.2) is 0 Å². The summed E-state index contributed by atoms with van der Waals surface area (Å²) in [6, 6.07) is 65.0. The number of hydrogen-bond donors (Lipinski definition) is 0. The third kappa shape index (κ3) is 4.63. The normalized spacial score (nSPS) is 11.8. The second-order valence-electron chi connectivity index (χ2n) is 9.40. The van der Waals surface area contributed by atoms with Gasteiger partial charge in [-0.3, -0.25) is 0 Å². The van der Waals surface area contributed by atoms with Crippen LogP contribution in [0.15, 0.2) is 176 Å². The molecule has 6 rings (SSSR count). The molecule has 2 heteroatoms. The molecule has 0 saturated heterocycles. The van der Waals surface area contributed by atoms with Crippen LogP contribution in [0.5, 0.6) is 0 Å². The van der Waals surface area contributed by atoms with E-state index in [1.807, 2.05) is 0 Å². The Balaban J connectivity index is 1.64. The van der Waals surface area contributed by atoms with E-state index in [1.54, 1.807) is 0 Å². The Hall–Kier alpha value is -3.82. The van der Waals surface area contributed by atoms with Crippen LogP contribution in [0, 0.1) is 0 Å². The molecule has 0 aromatic heterocycles. The van der Waals surface area contributed by atoms with Crippen LogP contribution in [0.25, 0.3) is 0 Å². The third-order valence-electron chi connectivity index (χ3n) is 7.19. The van der Waals surface area contributed by atoms with E-state index in [2.05, 4.69) is 176 Å². The van der Waals surface area contributed by atoms with Crippen LogP contribution in [0.4, 0.5) is 0 Å². The maximum atomic E-state index is 2.52. The average Bonchev–Trinajstić information content (AvgIpc) is 3.01. The van der Waals surface area contributed by atoms with Crippen LogP contribution in [0.1, 0.15) is 0 Å². The van der Waals surface area contributed by atoms with E-state index in [0.29, 0.717) is 0 Å². The summed E-state index contributed by atoms with van der Waals surface area (Å²) in [7, 11) is -3.26. The molecule has 0 spiro atoms. The van der Waals surface area contributed by atoms with Crippen molar-refractivity contribution in [1.29, 1.82) is 0 Å². The van der Waals surface area contributed by atoms with E-state index < -0.39 is 15.2 Å². The summed E-state index contributed by atoms with van der Waals surface area (Å²) >= 11 is 0. The minimum atomic E-state index is -2.57. The van der Waals surface area contributed by atoms with Crippen LogP contribution in [-0.2, 0) is 0 Å². The molecule has 0 bridgehead atoms. The standard InChI is InChI=1S/C36H30P2/c1-6-17-30(18-7-1)37(31-19-8-2-9-20-31)32-21-16-28-36(29-32)38(33-22-10-3-11-23-33,34-24-12-4-13-25-34)35-26-14-5-15-27-35/h1-29,38H. The molecule has 0 amide bonds. The van der Waals surface area contributed by atoms with Gasteiger partial charge in [0.25, 0.3) is 0 Å². The van der Waals surface area contributed by atoms with Crippen LogP contribution in [0.3, 0.4) is 0 Å². The molecule has 0 radical (unpaired) electrons. The first kappa shape index (κ1) is 24.5. The summed E-state index contributed by atoms with van der Waals surface area (Å²) in [5, 5.41) is 9.75. The molecule has 0 saturated carbocycles. The van der Waals surface area contributed by atoms with E-state index in [9.17, 15) is 0 Å². The van der Waals surface area contributed by atoms with Crippen LogP contribution >= 0.6 is 15.2 Å². The zero-order valence-electron chi connectivity index (χ0n) is 21.2. The van der Waals surface area contributed by atoms with Crippen molar-refractivity contribution in [3.63, 3.8) is 0 Å². The molecule has 0 N–H and O–H groups in total. The predicted molar refractivity (Wildman–Crippen MR) is 171 cm³/mol. The quantitative estimate of drug-likeness (QED) is 0.232. The molecular formula is C36H30P2. The molecule has 0 aliphatic rings. The van der Waals surface area contributed by atoms with Gasteiger partial charge in [0.1, 0.15) is 0 Å². The van der Waals surface area contributed by atoms with Crippen molar-refractivity contribution >= 4 is 52.3 Å². The number of rotatable bonds is 7. The first-order chi connectivity index (χ1) is 18.9. The van der Waals surface area contributed by atoms with Crippen LogP contribution < -0.4 is 37.1 Å². The van der Waals surface area contributed by atoms with Gasteiger partial charge in [-0.2, -0.15) is 0 Å².